The van der Waals surface area contributed by atoms with Gasteiger partial charge in [-0.05, 0) is 31.1 Å². The van der Waals surface area contributed by atoms with Crippen molar-refractivity contribution in [3.63, 3.8) is 0 Å². The quantitative estimate of drug-likeness (QED) is 0.883. The Morgan fingerprint density at radius 2 is 1.89 bits per heavy atom. The highest BCUT2D eigenvalue weighted by molar-refractivity contribution is 5.34. The van der Waals surface area contributed by atoms with Crippen LogP contribution < -0.4 is 10.5 Å². The molecule has 0 atom stereocenters. The van der Waals surface area contributed by atoms with E-state index in [0.717, 1.165) is 25.7 Å². The van der Waals surface area contributed by atoms with E-state index >= 15 is 0 Å². The molecule has 1 aromatic rings. The van der Waals surface area contributed by atoms with Crippen molar-refractivity contribution in [2.24, 2.45) is 5.41 Å². The number of aromatic nitrogens is 1. The summed E-state index contributed by atoms with van der Waals surface area (Å²) in [6.45, 7) is 4.41. The molecule has 1 fully saturated rings. The molecule has 3 nitrogen and oxygen atoms in total. The van der Waals surface area contributed by atoms with Crippen molar-refractivity contribution in [1.29, 1.82) is 0 Å². The van der Waals surface area contributed by atoms with Crippen molar-refractivity contribution >= 4 is 5.82 Å². The van der Waals surface area contributed by atoms with Crippen LogP contribution in [-0.2, 0) is 0 Å². The van der Waals surface area contributed by atoms with Crippen LogP contribution in [0.5, 0.6) is 5.88 Å². The maximum absolute atomic E-state index is 13.5. The van der Waals surface area contributed by atoms with E-state index in [1.807, 2.05) is 0 Å². The van der Waals surface area contributed by atoms with Crippen molar-refractivity contribution in [2.45, 2.75) is 45.6 Å². The first-order valence-corrected chi connectivity index (χ1v) is 6.15. The summed E-state index contributed by atoms with van der Waals surface area (Å²) in [6.07, 6.45) is 3.69. The van der Waals surface area contributed by atoms with Crippen molar-refractivity contribution in [2.75, 3.05) is 5.73 Å². The van der Waals surface area contributed by atoms with Crippen LogP contribution in [0.4, 0.5) is 14.6 Å². The molecule has 100 valence electrons. The second-order valence-electron chi connectivity index (χ2n) is 5.62. The normalized spacial score (nSPS) is 19.8. The molecule has 1 aliphatic rings. The molecule has 0 aromatic carbocycles. The zero-order valence-electron chi connectivity index (χ0n) is 10.7. The van der Waals surface area contributed by atoms with Gasteiger partial charge in [-0.1, -0.05) is 13.8 Å². The largest absolute Gasteiger partial charge is 0.472 e. The van der Waals surface area contributed by atoms with Gasteiger partial charge in [0.05, 0.1) is 0 Å². The minimum absolute atomic E-state index is 0.0649. The van der Waals surface area contributed by atoms with Crippen LogP contribution in [0.1, 0.15) is 39.5 Å². The Morgan fingerprint density at radius 1 is 1.28 bits per heavy atom. The Morgan fingerprint density at radius 3 is 2.50 bits per heavy atom. The van der Waals surface area contributed by atoms with Crippen LogP contribution in [0.3, 0.4) is 0 Å². The lowest BCUT2D eigenvalue weighted by molar-refractivity contribution is 0.0910. The van der Waals surface area contributed by atoms with Gasteiger partial charge in [-0.2, -0.15) is 4.98 Å². The van der Waals surface area contributed by atoms with Gasteiger partial charge in [-0.3, -0.25) is 0 Å². The van der Waals surface area contributed by atoms with Gasteiger partial charge in [-0.15, -0.1) is 0 Å². The van der Waals surface area contributed by atoms with E-state index in [-0.39, 0.29) is 17.8 Å². The zero-order valence-corrected chi connectivity index (χ0v) is 10.7. The Bertz CT molecular complexity index is 439. The maximum Gasteiger partial charge on any atom is 0.252 e. The van der Waals surface area contributed by atoms with Gasteiger partial charge in [0.15, 0.2) is 17.5 Å². The van der Waals surface area contributed by atoms with E-state index in [9.17, 15) is 8.78 Å². The van der Waals surface area contributed by atoms with E-state index in [1.54, 1.807) is 0 Å². The fourth-order valence-corrected chi connectivity index (χ4v) is 2.19. The lowest BCUT2D eigenvalue weighted by atomic mass is 9.76. The molecule has 0 amide bonds. The molecule has 1 heterocycles. The van der Waals surface area contributed by atoms with E-state index in [1.165, 1.54) is 0 Å². The molecule has 0 radical (unpaired) electrons. The predicted octanol–water partition coefficient (Wildman–Crippen LogP) is 3.29. The number of nitrogens with zero attached hydrogens (tertiary/aromatic N) is 1. The Labute approximate surface area is 105 Å². The van der Waals surface area contributed by atoms with E-state index in [2.05, 4.69) is 18.8 Å². The number of rotatable bonds is 2. The molecule has 0 saturated heterocycles. The van der Waals surface area contributed by atoms with E-state index in [0.29, 0.717) is 11.5 Å². The number of anilines is 1. The minimum atomic E-state index is -0.857. The number of pyridine rings is 1. The third-order valence-electron chi connectivity index (χ3n) is 3.49. The zero-order chi connectivity index (χ0) is 13.3. The molecular weight excluding hydrogens is 238 g/mol. The maximum atomic E-state index is 13.5. The van der Waals surface area contributed by atoms with Crippen molar-refractivity contribution in [1.82, 2.24) is 4.98 Å². The number of hydrogen-bond donors (Lipinski definition) is 1. The lowest BCUT2D eigenvalue weighted by Crippen LogP contribution is -2.29. The molecular formula is C13H18F2N2O. The molecule has 2 N–H and O–H groups in total. The van der Waals surface area contributed by atoms with Crippen LogP contribution in [0.15, 0.2) is 6.07 Å². The Hall–Kier alpha value is -1.39. The summed E-state index contributed by atoms with van der Waals surface area (Å²) in [7, 11) is 0. The first-order valence-electron chi connectivity index (χ1n) is 6.15. The number of halogens is 2. The molecule has 1 saturated carbocycles. The molecule has 0 unspecified atom stereocenters. The third kappa shape index (κ3) is 2.89. The third-order valence-corrected chi connectivity index (χ3v) is 3.49. The average Bonchev–Trinajstić information content (AvgIpc) is 2.28. The summed E-state index contributed by atoms with van der Waals surface area (Å²) in [6, 6.07) is 0.713. The molecule has 0 bridgehead atoms. The topological polar surface area (TPSA) is 48.1 Å². The molecule has 0 aliphatic heterocycles. The van der Waals surface area contributed by atoms with E-state index in [4.69, 9.17) is 10.5 Å². The van der Waals surface area contributed by atoms with Gasteiger partial charge in [0.1, 0.15) is 6.10 Å². The lowest BCUT2D eigenvalue weighted by Gasteiger charge is -2.34. The monoisotopic (exact) mass is 256 g/mol. The highest BCUT2D eigenvalue weighted by atomic mass is 19.1. The molecule has 1 aromatic heterocycles. The molecule has 2 rings (SSSR count). The standard InChI is InChI=1S/C13H18F2N2O/c1-13(2)5-3-8(4-6-13)18-12-10(15)7-9(14)11(16)17-12/h7-8H,3-6H2,1-2H3,(H2,16,17). The van der Waals surface area contributed by atoms with Gasteiger partial charge in [0, 0.05) is 6.07 Å². The van der Waals surface area contributed by atoms with Crippen LogP contribution in [0.2, 0.25) is 0 Å². The number of nitrogen functional groups attached to an aromatic ring is 1. The first kappa shape index (κ1) is 13.1. The molecule has 18 heavy (non-hydrogen) atoms. The van der Waals surface area contributed by atoms with Crippen LogP contribution >= 0.6 is 0 Å². The summed E-state index contributed by atoms with van der Waals surface area (Å²) >= 11 is 0. The Balaban J connectivity index is 2.04. The summed E-state index contributed by atoms with van der Waals surface area (Å²) in [5.41, 5.74) is 5.62. The molecule has 5 heteroatoms. The highest BCUT2D eigenvalue weighted by Crippen LogP contribution is 2.36. The highest BCUT2D eigenvalue weighted by Gasteiger charge is 2.28. The van der Waals surface area contributed by atoms with Gasteiger partial charge in [0.2, 0.25) is 0 Å². The average molecular weight is 256 g/mol. The van der Waals surface area contributed by atoms with E-state index < -0.39 is 11.6 Å². The fraction of sp³-hybridized carbons (Fsp3) is 0.615. The van der Waals surface area contributed by atoms with Crippen molar-refractivity contribution in [3.8, 4) is 5.88 Å². The van der Waals surface area contributed by atoms with Crippen molar-refractivity contribution < 1.29 is 13.5 Å². The number of ether oxygens (including phenoxy) is 1. The number of hydrogen-bond acceptors (Lipinski definition) is 3. The summed E-state index contributed by atoms with van der Waals surface area (Å²) in [5.74, 6) is -2.18. The number of nitrogens with two attached hydrogens (primary N) is 1. The van der Waals surface area contributed by atoms with Gasteiger partial charge >= 0.3 is 0 Å². The fourth-order valence-electron chi connectivity index (χ4n) is 2.19. The van der Waals surface area contributed by atoms with Crippen molar-refractivity contribution in [3.05, 3.63) is 17.7 Å². The summed E-state index contributed by atoms with van der Waals surface area (Å²) in [4.78, 5) is 3.61. The second kappa shape index (κ2) is 4.71. The summed E-state index contributed by atoms with van der Waals surface area (Å²) < 4.78 is 31.9. The Kier molecular flexibility index (Phi) is 3.41. The molecule has 0 spiro atoms. The minimum Gasteiger partial charge on any atom is -0.472 e. The van der Waals surface area contributed by atoms with Crippen LogP contribution in [-0.4, -0.2) is 11.1 Å². The van der Waals surface area contributed by atoms with Gasteiger partial charge < -0.3 is 10.5 Å². The summed E-state index contributed by atoms with van der Waals surface area (Å²) in [5, 5.41) is 0. The smallest absolute Gasteiger partial charge is 0.252 e. The van der Waals surface area contributed by atoms with Crippen LogP contribution in [0, 0.1) is 17.0 Å². The SMILES string of the molecule is CC1(C)CCC(Oc2nc(N)c(F)cc2F)CC1. The second-order valence-corrected chi connectivity index (χ2v) is 5.62. The first-order chi connectivity index (χ1) is 8.37. The van der Waals surface area contributed by atoms with Gasteiger partial charge in [-0.25, -0.2) is 8.78 Å². The van der Waals surface area contributed by atoms with Crippen LogP contribution in [0.25, 0.3) is 0 Å². The van der Waals surface area contributed by atoms with Gasteiger partial charge in [0.25, 0.3) is 5.88 Å². The predicted molar refractivity (Wildman–Crippen MR) is 65.2 cm³/mol. The molecule has 1 aliphatic carbocycles.